The van der Waals surface area contributed by atoms with E-state index in [4.69, 9.17) is 5.26 Å². The molecule has 116 valence electrons. The average molecular weight is 314 g/mol. The van der Waals surface area contributed by atoms with E-state index in [0.29, 0.717) is 11.5 Å². The van der Waals surface area contributed by atoms with Crippen LogP contribution in [0.15, 0.2) is 53.5 Å². The second kappa shape index (κ2) is 5.70. The van der Waals surface area contributed by atoms with Gasteiger partial charge in [0.1, 0.15) is 0 Å². The summed E-state index contributed by atoms with van der Waals surface area (Å²) >= 11 is 0. The van der Waals surface area contributed by atoms with Gasteiger partial charge in [-0.25, -0.2) is 9.67 Å². The van der Waals surface area contributed by atoms with Crippen molar-refractivity contribution in [1.82, 2.24) is 20.2 Å². The van der Waals surface area contributed by atoms with Gasteiger partial charge in [-0.05, 0) is 46.2 Å². The molecule has 1 unspecified atom stereocenters. The van der Waals surface area contributed by atoms with Gasteiger partial charge in [0.2, 0.25) is 0 Å². The number of nitriles is 1. The summed E-state index contributed by atoms with van der Waals surface area (Å²) in [7, 11) is 0. The van der Waals surface area contributed by atoms with Crippen LogP contribution in [0, 0.1) is 11.3 Å². The van der Waals surface area contributed by atoms with E-state index < -0.39 is 0 Å². The normalized spacial score (nSPS) is 16.2. The topological polar surface area (TPSA) is 79.8 Å². The van der Waals surface area contributed by atoms with Crippen LogP contribution < -0.4 is 0 Å². The van der Waals surface area contributed by atoms with Gasteiger partial charge in [-0.2, -0.15) is 5.26 Å². The molecule has 0 amide bonds. The Morgan fingerprint density at radius 3 is 2.71 bits per heavy atom. The first kappa shape index (κ1) is 14.3. The first-order valence-electron chi connectivity index (χ1n) is 7.68. The molecule has 3 aromatic rings. The van der Waals surface area contributed by atoms with Crippen molar-refractivity contribution in [1.29, 1.82) is 5.26 Å². The standard InChI is InChI=1S/C18H14N6/c1-12-10-17(24-18(20-12)21-22-23-24)16-5-3-2-4-15(16)14-8-6-13(11-19)7-9-14/h2-9,17H,10H2,1H3. The van der Waals surface area contributed by atoms with Crippen LogP contribution in [-0.4, -0.2) is 25.9 Å². The van der Waals surface area contributed by atoms with Gasteiger partial charge in [0.25, 0.3) is 5.95 Å². The minimum Gasteiger partial charge on any atom is -0.220 e. The van der Waals surface area contributed by atoms with Gasteiger partial charge in [-0.1, -0.05) is 41.5 Å². The highest BCUT2D eigenvalue weighted by atomic mass is 15.6. The molecule has 0 aliphatic carbocycles. The third kappa shape index (κ3) is 2.36. The SMILES string of the molecule is CC1=Nc2nnnn2C(c2ccccc2-c2ccc(C#N)cc2)C1. The highest BCUT2D eigenvalue weighted by Crippen LogP contribution is 2.35. The minimum atomic E-state index is 0.0133. The van der Waals surface area contributed by atoms with Gasteiger partial charge in [-0.3, -0.25) is 0 Å². The maximum atomic E-state index is 8.98. The van der Waals surface area contributed by atoms with Crippen molar-refractivity contribution in [2.75, 3.05) is 0 Å². The fraction of sp³-hybridized carbons (Fsp3) is 0.167. The molecule has 0 radical (unpaired) electrons. The number of nitrogens with zero attached hydrogens (tertiary/aromatic N) is 6. The zero-order chi connectivity index (χ0) is 16.5. The highest BCUT2D eigenvalue weighted by molar-refractivity contribution is 5.86. The van der Waals surface area contributed by atoms with Gasteiger partial charge >= 0.3 is 0 Å². The van der Waals surface area contributed by atoms with Crippen molar-refractivity contribution in [3.63, 3.8) is 0 Å². The summed E-state index contributed by atoms with van der Waals surface area (Å²) in [5.74, 6) is 0.540. The van der Waals surface area contributed by atoms with Crippen LogP contribution in [0.25, 0.3) is 11.1 Å². The van der Waals surface area contributed by atoms with E-state index in [1.807, 2.05) is 43.3 Å². The predicted molar refractivity (Wildman–Crippen MR) is 89.9 cm³/mol. The van der Waals surface area contributed by atoms with E-state index in [2.05, 4.69) is 38.7 Å². The molecule has 2 aromatic carbocycles. The molecule has 24 heavy (non-hydrogen) atoms. The zero-order valence-corrected chi connectivity index (χ0v) is 13.1. The Labute approximate surface area is 139 Å². The fourth-order valence-corrected chi connectivity index (χ4v) is 3.06. The molecule has 2 heterocycles. The molecule has 6 nitrogen and oxygen atoms in total. The first-order chi connectivity index (χ1) is 11.8. The van der Waals surface area contributed by atoms with Crippen molar-refractivity contribution < 1.29 is 0 Å². The fourth-order valence-electron chi connectivity index (χ4n) is 3.06. The summed E-state index contributed by atoms with van der Waals surface area (Å²) in [6, 6.07) is 18.0. The second-order valence-corrected chi connectivity index (χ2v) is 5.77. The molecular weight excluding hydrogens is 300 g/mol. The van der Waals surface area contributed by atoms with Crippen LogP contribution in [0.5, 0.6) is 0 Å². The van der Waals surface area contributed by atoms with Gasteiger partial charge in [0.05, 0.1) is 17.7 Å². The van der Waals surface area contributed by atoms with Crippen molar-refractivity contribution in [2.24, 2.45) is 4.99 Å². The summed E-state index contributed by atoms with van der Waals surface area (Å²) in [4.78, 5) is 4.41. The van der Waals surface area contributed by atoms with Gasteiger partial charge in [0.15, 0.2) is 0 Å². The summed E-state index contributed by atoms with van der Waals surface area (Å²) in [5.41, 5.74) is 4.99. The van der Waals surface area contributed by atoms with Gasteiger partial charge < -0.3 is 0 Å². The van der Waals surface area contributed by atoms with Crippen LogP contribution in [0.2, 0.25) is 0 Å². The quantitative estimate of drug-likeness (QED) is 0.727. The number of tetrazole rings is 1. The molecule has 0 fully saturated rings. The summed E-state index contributed by atoms with van der Waals surface area (Å²) in [6.07, 6.45) is 0.769. The summed E-state index contributed by atoms with van der Waals surface area (Å²) in [6.45, 7) is 2.00. The van der Waals surface area contributed by atoms with Crippen LogP contribution in [0.4, 0.5) is 5.95 Å². The van der Waals surface area contributed by atoms with Crippen LogP contribution in [0.3, 0.4) is 0 Å². The van der Waals surface area contributed by atoms with E-state index >= 15 is 0 Å². The Kier molecular flexibility index (Phi) is 3.39. The monoisotopic (exact) mass is 314 g/mol. The van der Waals surface area contributed by atoms with E-state index in [0.717, 1.165) is 28.8 Å². The molecule has 0 saturated carbocycles. The first-order valence-corrected chi connectivity index (χ1v) is 7.68. The molecular formula is C18H14N6. The Hall–Kier alpha value is -3.33. The molecule has 1 aliphatic rings. The smallest absolute Gasteiger partial charge is 0.220 e. The highest BCUT2D eigenvalue weighted by Gasteiger charge is 2.26. The van der Waals surface area contributed by atoms with Gasteiger partial charge in [-0.15, -0.1) is 0 Å². The van der Waals surface area contributed by atoms with Crippen molar-refractivity contribution in [3.8, 4) is 17.2 Å². The van der Waals surface area contributed by atoms with Crippen LogP contribution >= 0.6 is 0 Å². The Morgan fingerprint density at radius 1 is 1.12 bits per heavy atom. The second-order valence-electron chi connectivity index (χ2n) is 5.77. The van der Waals surface area contributed by atoms with Crippen molar-refractivity contribution in [3.05, 3.63) is 59.7 Å². The molecule has 0 spiro atoms. The molecule has 0 bridgehead atoms. The molecule has 1 aliphatic heterocycles. The lowest BCUT2D eigenvalue weighted by molar-refractivity contribution is 0.514. The molecule has 4 rings (SSSR count). The Bertz CT molecular complexity index is 962. The summed E-state index contributed by atoms with van der Waals surface area (Å²) in [5, 5.41) is 20.8. The lowest BCUT2D eigenvalue weighted by Gasteiger charge is -2.23. The zero-order valence-electron chi connectivity index (χ0n) is 13.1. The van der Waals surface area contributed by atoms with Gasteiger partial charge in [0, 0.05) is 12.1 Å². The lowest BCUT2D eigenvalue weighted by Crippen LogP contribution is -2.19. The predicted octanol–water partition coefficient (Wildman–Crippen LogP) is 3.30. The Morgan fingerprint density at radius 2 is 1.92 bits per heavy atom. The maximum absolute atomic E-state index is 8.98. The number of aliphatic imine (C=N–C) groups is 1. The molecule has 1 aromatic heterocycles. The molecule has 0 saturated heterocycles. The van der Waals surface area contributed by atoms with E-state index in [9.17, 15) is 0 Å². The number of hydrogen-bond acceptors (Lipinski definition) is 5. The van der Waals surface area contributed by atoms with E-state index in [1.165, 1.54) is 0 Å². The third-order valence-corrected chi connectivity index (χ3v) is 4.20. The summed E-state index contributed by atoms with van der Waals surface area (Å²) < 4.78 is 1.77. The number of rotatable bonds is 2. The largest absolute Gasteiger partial charge is 0.269 e. The Balaban J connectivity index is 1.83. The molecule has 1 atom stereocenters. The van der Waals surface area contributed by atoms with Crippen LogP contribution in [-0.2, 0) is 0 Å². The average Bonchev–Trinajstić information content (AvgIpc) is 3.09. The lowest BCUT2D eigenvalue weighted by atomic mass is 9.91. The third-order valence-electron chi connectivity index (χ3n) is 4.20. The number of benzene rings is 2. The minimum absolute atomic E-state index is 0.0133. The van der Waals surface area contributed by atoms with Crippen molar-refractivity contribution >= 4 is 11.7 Å². The molecule has 6 heteroatoms. The molecule has 0 N–H and O–H groups in total. The van der Waals surface area contributed by atoms with Crippen molar-refractivity contribution in [2.45, 2.75) is 19.4 Å². The van der Waals surface area contributed by atoms with Crippen LogP contribution in [0.1, 0.15) is 30.5 Å². The number of hydrogen-bond donors (Lipinski definition) is 0. The number of fused-ring (bicyclic) bond motifs is 1. The van der Waals surface area contributed by atoms with E-state index in [1.54, 1.807) is 4.68 Å². The number of aromatic nitrogens is 4. The maximum Gasteiger partial charge on any atom is 0.269 e. The van der Waals surface area contributed by atoms with E-state index in [-0.39, 0.29) is 6.04 Å².